The average Bonchev–Trinajstić information content (AvgIpc) is 2.75. The van der Waals surface area contributed by atoms with Crippen LogP contribution in [0, 0.1) is 0 Å². The Labute approximate surface area is 128 Å². The number of rotatable bonds is 3. The summed E-state index contributed by atoms with van der Waals surface area (Å²) in [6.45, 7) is 0.766. The molecule has 0 saturated heterocycles. The molecule has 19 heavy (non-hydrogen) atoms. The summed E-state index contributed by atoms with van der Waals surface area (Å²) in [7, 11) is 0. The molecule has 0 aliphatic heterocycles. The molecule has 1 aromatic carbocycles. The zero-order valence-corrected chi connectivity index (χ0v) is 13.0. The fourth-order valence-electron chi connectivity index (χ4n) is 1.85. The molecular weight excluding hydrogens is 344 g/mol. The van der Waals surface area contributed by atoms with Gasteiger partial charge in [-0.3, -0.25) is 4.98 Å². The number of benzene rings is 1. The van der Waals surface area contributed by atoms with Gasteiger partial charge in [0, 0.05) is 33.2 Å². The van der Waals surface area contributed by atoms with Gasteiger partial charge < -0.3 is 5.32 Å². The van der Waals surface area contributed by atoms with Crippen molar-refractivity contribution in [2.45, 2.75) is 6.54 Å². The first-order valence-electron chi connectivity index (χ1n) is 5.75. The van der Waals surface area contributed by atoms with Gasteiger partial charge in [0.25, 0.3) is 0 Å². The Morgan fingerprint density at radius 2 is 2.16 bits per heavy atom. The first-order valence-corrected chi connectivity index (χ1v) is 7.73. The van der Waals surface area contributed by atoms with Crippen LogP contribution in [0.25, 0.3) is 10.9 Å². The smallest absolute Gasteiger partial charge is 0.107 e. The number of nitrogens with one attached hydrogen (secondary N) is 1. The third-order valence-corrected chi connectivity index (χ3v) is 5.24. The van der Waals surface area contributed by atoms with Crippen LogP contribution in [-0.4, -0.2) is 4.98 Å². The van der Waals surface area contributed by atoms with Gasteiger partial charge in [-0.1, -0.05) is 17.7 Å². The number of fused-ring (bicyclic) bond motifs is 1. The van der Waals surface area contributed by atoms with Gasteiger partial charge in [-0.15, -0.1) is 11.3 Å². The predicted octanol–water partition coefficient (Wildman–Crippen LogP) is 5.32. The van der Waals surface area contributed by atoms with Crippen molar-refractivity contribution in [3.05, 3.63) is 56.3 Å². The van der Waals surface area contributed by atoms with Crippen LogP contribution in [0.4, 0.5) is 5.69 Å². The topological polar surface area (TPSA) is 24.9 Å². The molecule has 5 heteroatoms. The number of anilines is 1. The number of nitrogens with zero attached hydrogens (tertiary/aromatic N) is 1. The molecule has 3 rings (SSSR count). The molecule has 0 bridgehead atoms. The summed E-state index contributed by atoms with van der Waals surface area (Å²) in [6.07, 6.45) is 1.81. The molecule has 0 radical (unpaired) electrons. The Hall–Kier alpha value is -1.10. The van der Waals surface area contributed by atoms with Crippen molar-refractivity contribution in [1.29, 1.82) is 0 Å². The molecular formula is C14H10BrClN2S. The first-order chi connectivity index (χ1) is 9.22. The molecule has 2 nitrogen and oxygen atoms in total. The van der Waals surface area contributed by atoms with Crippen molar-refractivity contribution >= 4 is 55.5 Å². The lowest BCUT2D eigenvalue weighted by Crippen LogP contribution is -1.97. The highest BCUT2D eigenvalue weighted by atomic mass is 79.9. The highest BCUT2D eigenvalue weighted by Gasteiger charge is 2.04. The van der Waals surface area contributed by atoms with Gasteiger partial charge in [0.2, 0.25) is 0 Å². The van der Waals surface area contributed by atoms with Crippen molar-refractivity contribution < 1.29 is 0 Å². The van der Waals surface area contributed by atoms with Crippen molar-refractivity contribution in [2.75, 3.05) is 5.32 Å². The average molecular weight is 354 g/mol. The highest BCUT2D eigenvalue weighted by Crippen LogP contribution is 2.32. The number of pyridine rings is 1. The third-order valence-electron chi connectivity index (χ3n) is 2.77. The minimum atomic E-state index is 0.766. The number of aromatic nitrogens is 1. The third kappa shape index (κ3) is 2.91. The Balaban J connectivity index is 1.78. The summed E-state index contributed by atoms with van der Waals surface area (Å²) >= 11 is 11.0. The fraction of sp³-hybridized carbons (Fsp3) is 0.0714. The molecule has 0 unspecified atom stereocenters. The van der Waals surface area contributed by atoms with Crippen LogP contribution >= 0.6 is 38.9 Å². The van der Waals surface area contributed by atoms with E-state index >= 15 is 0 Å². The van der Waals surface area contributed by atoms with Gasteiger partial charge in [0.15, 0.2) is 0 Å². The van der Waals surface area contributed by atoms with Gasteiger partial charge in [-0.25, -0.2) is 0 Å². The SMILES string of the molecule is Clc1sc(CNc2ccc3ncccc3c2)cc1Br. The standard InChI is InChI=1S/C14H10BrClN2S/c15-12-7-11(19-14(12)16)8-18-10-3-4-13-9(6-10)2-1-5-17-13/h1-7,18H,8H2. The van der Waals surface area contributed by atoms with Crippen LogP contribution in [0.5, 0.6) is 0 Å². The molecule has 0 aliphatic carbocycles. The Morgan fingerprint density at radius 3 is 2.95 bits per heavy atom. The fourth-order valence-corrected chi connectivity index (χ4v) is 3.58. The van der Waals surface area contributed by atoms with E-state index in [2.05, 4.69) is 38.4 Å². The van der Waals surface area contributed by atoms with Crippen LogP contribution < -0.4 is 5.32 Å². The van der Waals surface area contributed by atoms with Crippen LogP contribution in [-0.2, 0) is 6.54 Å². The van der Waals surface area contributed by atoms with E-state index in [-0.39, 0.29) is 0 Å². The molecule has 3 aromatic rings. The number of hydrogen-bond donors (Lipinski definition) is 1. The van der Waals surface area contributed by atoms with Crippen molar-refractivity contribution in [1.82, 2.24) is 4.98 Å². The summed E-state index contributed by atoms with van der Waals surface area (Å²) in [5.74, 6) is 0. The lowest BCUT2D eigenvalue weighted by Gasteiger charge is -2.05. The maximum atomic E-state index is 6.02. The highest BCUT2D eigenvalue weighted by molar-refractivity contribution is 9.10. The summed E-state index contributed by atoms with van der Waals surface area (Å²) in [4.78, 5) is 5.50. The molecule has 0 atom stereocenters. The van der Waals surface area contributed by atoms with E-state index in [1.807, 2.05) is 24.3 Å². The van der Waals surface area contributed by atoms with Gasteiger partial charge in [0.05, 0.1) is 5.52 Å². The lowest BCUT2D eigenvalue weighted by atomic mass is 10.2. The predicted molar refractivity (Wildman–Crippen MR) is 86.1 cm³/mol. The van der Waals surface area contributed by atoms with Crippen LogP contribution in [0.1, 0.15) is 4.88 Å². The molecule has 96 valence electrons. The van der Waals surface area contributed by atoms with E-state index in [9.17, 15) is 0 Å². The zero-order valence-electron chi connectivity index (χ0n) is 9.86. The maximum absolute atomic E-state index is 6.02. The van der Waals surface area contributed by atoms with E-state index in [1.54, 1.807) is 17.5 Å². The molecule has 0 spiro atoms. The van der Waals surface area contributed by atoms with Gasteiger partial charge in [0.1, 0.15) is 4.34 Å². The summed E-state index contributed by atoms with van der Waals surface area (Å²) in [6, 6.07) is 12.2. The Morgan fingerprint density at radius 1 is 1.26 bits per heavy atom. The number of halogens is 2. The molecule has 0 amide bonds. The van der Waals surface area contributed by atoms with E-state index in [4.69, 9.17) is 11.6 Å². The normalized spacial score (nSPS) is 10.8. The second kappa shape index (κ2) is 5.49. The van der Waals surface area contributed by atoms with Crippen molar-refractivity contribution in [2.24, 2.45) is 0 Å². The zero-order chi connectivity index (χ0) is 13.2. The van der Waals surface area contributed by atoms with Crippen LogP contribution in [0.3, 0.4) is 0 Å². The number of hydrogen-bond acceptors (Lipinski definition) is 3. The van der Waals surface area contributed by atoms with Gasteiger partial charge in [-0.05, 0) is 46.3 Å². The Bertz CT molecular complexity index is 707. The molecule has 2 heterocycles. The number of thiophene rings is 1. The van der Waals surface area contributed by atoms with Gasteiger partial charge in [-0.2, -0.15) is 0 Å². The second-order valence-electron chi connectivity index (χ2n) is 4.10. The molecule has 0 saturated carbocycles. The largest absolute Gasteiger partial charge is 0.380 e. The Kier molecular flexibility index (Phi) is 3.73. The molecule has 0 aliphatic rings. The van der Waals surface area contributed by atoms with Crippen LogP contribution in [0.2, 0.25) is 4.34 Å². The minimum absolute atomic E-state index is 0.766. The van der Waals surface area contributed by atoms with Crippen LogP contribution in [0.15, 0.2) is 47.1 Å². The van der Waals surface area contributed by atoms with Gasteiger partial charge >= 0.3 is 0 Å². The quantitative estimate of drug-likeness (QED) is 0.689. The maximum Gasteiger partial charge on any atom is 0.107 e. The summed E-state index contributed by atoms with van der Waals surface area (Å²) in [5.41, 5.74) is 2.09. The van der Waals surface area contributed by atoms with E-state index in [0.717, 1.165) is 31.9 Å². The van der Waals surface area contributed by atoms with E-state index in [1.165, 1.54) is 4.88 Å². The second-order valence-corrected chi connectivity index (χ2v) is 6.69. The monoisotopic (exact) mass is 352 g/mol. The van der Waals surface area contributed by atoms with Crippen molar-refractivity contribution in [3.63, 3.8) is 0 Å². The van der Waals surface area contributed by atoms with E-state index < -0.39 is 0 Å². The minimum Gasteiger partial charge on any atom is -0.380 e. The first kappa shape index (κ1) is 12.9. The molecule has 2 aromatic heterocycles. The molecule has 0 fully saturated rings. The summed E-state index contributed by atoms with van der Waals surface area (Å²) in [5, 5.41) is 4.53. The summed E-state index contributed by atoms with van der Waals surface area (Å²) < 4.78 is 1.75. The lowest BCUT2D eigenvalue weighted by molar-refractivity contribution is 1.19. The molecule has 1 N–H and O–H groups in total. The van der Waals surface area contributed by atoms with Crippen molar-refractivity contribution in [3.8, 4) is 0 Å². The van der Waals surface area contributed by atoms with E-state index in [0.29, 0.717) is 0 Å².